The Bertz CT molecular complexity index is 757. The third-order valence-corrected chi connectivity index (χ3v) is 3.39. The maximum Gasteiger partial charge on any atom is 0.338 e. The minimum Gasteiger partial charge on any atom is -0.350 e. The zero-order valence-corrected chi connectivity index (χ0v) is 14.4. The predicted molar refractivity (Wildman–Crippen MR) is 96.7 cm³/mol. The van der Waals surface area contributed by atoms with Gasteiger partial charge in [0, 0.05) is 12.1 Å². The maximum atomic E-state index is 11.9. The number of nitro groups is 1. The first-order valence-electron chi connectivity index (χ1n) is 6.98. The van der Waals surface area contributed by atoms with Gasteiger partial charge in [0.25, 0.3) is 5.69 Å². The van der Waals surface area contributed by atoms with E-state index in [1.54, 1.807) is 19.9 Å². The van der Waals surface area contributed by atoms with Crippen LogP contribution in [-0.2, 0) is 0 Å². The number of amides is 2. The number of nitrogens with one attached hydrogen (secondary N) is 1. The predicted octanol–water partition coefficient (Wildman–Crippen LogP) is 3.85. The second-order valence-electron chi connectivity index (χ2n) is 5.34. The van der Waals surface area contributed by atoms with Crippen molar-refractivity contribution in [2.75, 3.05) is 10.4 Å². The molecule has 0 spiro atoms. The molecule has 2 aromatic rings. The number of halogens is 1. The molecule has 0 unspecified atom stereocenters. The number of nitrogens with zero attached hydrogens (tertiary/aromatic N) is 2. The molecule has 0 fully saturated rings. The van der Waals surface area contributed by atoms with E-state index in [0.29, 0.717) is 22.5 Å². The summed E-state index contributed by atoms with van der Waals surface area (Å²) in [5.41, 5.74) is 11.8. The highest BCUT2D eigenvalue weighted by Gasteiger charge is 2.20. The molecule has 0 radical (unpaired) electrons. The van der Waals surface area contributed by atoms with E-state index >= 15 is 0 Å². The Morgan fingerprint density at radius 3 is 2.21 bits per heavy atom. The van der Waals surface area contributed by atoms with Crippen LogP contribution < -0.4 is 16.2 Å². The average Bonchev–Trinajstić information content (AvgIpc) is 2.45. The Morgan fingerprint density at radius 2 is 1.75 bits per heavy atom. The van der Waals surface area contributed by atoms with E-state index in [4.69, 9.17) is 5.73 Å². The molecule has 0 aliphatic rings. The van der Waals surface area contributed by atoms with Gasteiger partial charge in [-0.05, 0) is 49.6 Å². The van der Waals surface area contributed by atoms with E-state index in [1.807, 2.05) is 25.1 Å². The van der Waals surface area contributed by atoms with E-state index in [-0.39, 0.29) is 18.1 Å². The zero-order chi connectivity index (χ0) is 17.1. The summed E-state index contributed by atoms with van der Waals surface area (Å²) < 4.78 is 0. The number of carbonyl (C=O) groups excluding carboxylic acids is 1. The first-order valence-corrected chi connectivity index (χ1v) is 6.98. The molecule has 2 aromatic carbocycles. The largest absolute Gasteiger partial charge is 0.350 e. The number of hydrogen-bond acceptors (Lipinski definition) is 4. The lowest BCUT2D eigenvalue weighted by Gasteiger charge is -2.25. The van der Waals surface area contributed by atoms with Crippen LogP contribution in [0.2, 0.25) is 0 Å². The number of nitro benzene ring substituents is 1. The average molecular weight is 351 g/mol. The number of urea groups is 1. The van der Waals surface area contributed by atoms with E-state index in [9.17, 15) is 14.9 Å². The van der Waals surface area contributed by atoms with Gasteiger partial charge in [0.2, 0.25) is 0 Å². The van der Waals surface area contributed by atoms with Crippen molar-refractivity contribution in [3.05, 3.63) is 63.2 Å². The molecule has 0 saturated heterocycles. The van der Waals surface area contributed by atoms with Crippen LogP contribution in [0.5, 0.6) is 0 Å². The molecular weight excluding hydrogens is 332 g/mol. The highest BCUT2D eigenvalue weighted by atomic mass is 35.5. The van der Waals surface area contributed by atoms with Crippen molar-refractivity contribution in [1.82, 2.24) is 0 Å². The van der Waals surface area contributed by atoms with E-state index in [1.165, 1.54) is 17.1 Å². The molecule has 0 aliphatic carbocycles. The van der Waals surface area contributed by atoms with Gasteiger partial charge in [-0.3, -0.25) is 15.5 Å². The summed E-state index contributed by atoms with van der Waals surface area (Å²) in [5, 5.41) is 12.1. The molecule has 24 heavy (non-hydrogen) atoms. The first kappa shape index (κ1) is 19.2. The van der Waals surface area contributed by atoms with Crippen LogP contribution >= 0.6 is 12.4 Å². The van der Waals surface area contributed by atoms with Gasteiger partial charge in [0.1, 0.15) is 0 Å². The Hall–Kier alpha value is -2.80. The molecule has 0 bridgehead atoms. The molecule has 8 heteroatoms. The summed E-state index contributed by atoms with van der Waals surface area (Å²) in [7, 11) is 0. The Labute approximate surface area is 146 Å². The van der Waals surface area contributed by atoms with Crippen LogP contribution in [0.4, 0.5) is 21.9 Å². The summed E-state index contributed by atoms with van der Waals surface area (Å²) >= 11 is 0. The normalized spacial score (nSPS) is 9.79. The van der Waals surface area contributed by atoms with Crippen molar-refractivity contribution >= 4 is 35.5 Å². The van der Waals surface area contributed by atoms with Gasteiger partial charge in [-0.1, -0.05) is 12.1 Å². The number of carbonyl (C=O) groups is 1. The summed E-state index contributed by atoms with van der Waals surface area (Å²) in [6.45, 7) is 5.33. The molecule has 3 N–H and O–H groups in total. The summed E-state index contributed by atoms with van der Waals surface area (Å²) in [6, 6.07) is 9.58. The highest BCUT2D eigenvalue weighted by molar-refractivity contribution is 5.94. The number of benzene rings is 2. The van der Waals surface area contributed by atoms with Gasteiger partial charge >= 0.3 is 6.03 Å². The molecule has 7 nitrogen and oxygen atoms in total. The van der Waals surface area contributed by atoms with Gasteiger partial charge in [-0.25, -0.2) is 9.80 Å². The number of anilines is 2. The molecule has 0 atom stereocenters. The molecule has 2 amide bonds. The van der Waals surface area contributed by atoms with Gasteiger partial charge in [0.15, 0.2) is 0 Å². The second-order valence-corrected chi connectivity index (χ2v) is 5.34. The summed E-state index contributed by atoms with van der Waals surface area (Å²) in [4.78, 5) is 22.3. The van der Waals surface area contributed by atoms with Gasteiger partial charge in [0.05, 0.1) is 16.3 Å². The Balaban J connectivity index is 0.00000288. The van der Waals surface area contributed by atoms with E-state index in [2.05, 4.69) is 5.43 Å². The monoisotopic (exact) mass is 350 g/mol. The fourth-order valence-corrected chi connectivity index (χ4v) is 2.46. The van der Waals surface area contributed by atoms with Crippen molar-refractivity contribution in [2.24, 2.45) is 5.73 Å². The molecule has 0 aromatic heterocycles. The fourth-order valence-electron chi connectivity index (χ4n) is 2.46. The zero-order valence-electron chi connectivity index (χ0n) is 13.6. The number of aryl methyl sites for hydroxylation is 3. The van der Waals surface area contributed by atoms with Crippen LogP contribution in [0.1, 0.15) is 16.7 Å². The van der Waals surface area contributed by atoms with Crippen molar-refractivity contribution in [3.63, 3.8) is 0 Å². The van der Waals surface area contributed by atoms with E-state index < -0.39 is 11.0 Å². The first-order chi connectivity index (χ1) is 10.8. The lowest BCUT2D eigenvalue weighted by atomic mass is 10.1. The highest BCUT2D eigenvalue weighted by Crippen LogP contribution is 2.30. The third-order valence-electron chi connectivity index (χ3n) is 3.39. The lowest BCUT2D eigenvalue weighted by molar-refractivity contribution is -0.384. The van der Waals surface area contributed by atoms with Gasteiger partial charge in [-0.15, -0.1) is 12.4 Å². The standard InChI is InChI=1S/C16H18N4O3.ClH/c1-10-5-4-6-13(7-10)18-19(16(17)21)15-11(2)8-14(20(22)23)9-12(15)3;/h4-9,18H,1-3H3,(H2,17,21);1H. The van der Waals surface area contributed by atoms with Crippen molar-refractivity contribution in [2.45, 2.75) is 20.8 Å². The van der Waals surface area contributed by atoms with Crippen LogP contribution in [-0.4, -0.2) is 11.0 Å². The van der Waals surface area contributed by atoms with Crippen LogP contribution in [0.25, 0.3) is 0 Å². The van der Waals surface area contributed by atoms with Gasteiger partial charge in [-0.2, -0.15) is 0 Å². The SMILES string of the molecule is Cc1cccc(NN(C(N)=O)c2c(C)cc([N+](=O)[O-])cc2C)c1.Cl. The van der Waals surface area contributed by atoms with Crippen molar-refractivity contribution < 1.29 is 9.72 Å². The summed E-state index contributed by atoms with van der Waals surface area (Å²) in [6.07, 6.45) is 0. The topological polar surface area (TPSA) is 102 Å². The molecule has 0 heterocycles. The van der Waals surface area contributed by atoms with Crippen LogP contribution in [0.15, 0.2) is 36.4 Å². The molecule has 0 aliphatic heterocycles. The number of primary amides is 1. The quantitative estimate of drug-likeness (QED) is 0.645. The Morgan fingerprint density at radius 1 is 1.17 bits per heavy atom. The number of nitrogens with two attached hydrogens (primary N) is 1. The lowest BCUT2D eigenvalue weighted by Crippen LogP contribution is -2.41. The van der Waals surface area contributed by atoms with Crippen LogP contribution in [0, 0.1) is 30.9 Å². The third kappa shape index (κ3) is 4.14. The second kappa shape index (κ2) is 7.65. The number of hydrazine groups is 1. The van der Waals surface area contributed by atoms with Crippen molar-refractivity contribution in [1.29, 1.82) is 0 Å². The molecule has 0 saturated carbocycles. The molecular formula is C16H19ClN4O3. The Kier molecular flexibility index (Phi) is 6.13. The van der Waals surface area contributed by atoms with E-state index in [0.717, 1.165) is 5.56 Å². The number of hydrogen-bond donors (Lipinski definition) is 2. The smallest absolute Gasteiger partial charge is 0.338 e. The fraction of sp³-hybridized carbons (Fsp3) is 0.188. The van der Waals surface area contributed by atoms with Gasteiger partial charge < -0.3 is 5.73 Å². The number of rotatable bonds is 4. The number of non-ortho nitro benzene ring substituents is 1. The molecule has 128 valence electrons. The van der Waals surface area contributed by atoms with Crippen molar-refractivity contribution in [3.8, 4) is 0 Å². The summed E-state index contributed by atoms with van der Waals surface area (Å²) in [5.74, 6) is 0. The molecule has 2 rings (SSSR count). The van der Waals surface area contributed by atoms with Crippen LogP contribution in [0.3, 0.4) is 0 Å². The maximum absolute atomic E-state index is 11.9. The minimum atomic E-state index is -0.702. The minimum absolute atomic E-state index is 0.